The van der Waals surface area contributed by atoms with Crippen molar-refractivity contribution in [1.29, 1.82) is 0 Å². The average molecular weight is 550 g/mol. The first-order valence-electron chi connectivity index (χ1n) is 15.1. The van der Waals surface area contributed by atoms with Gasteiger partial charge in [0.15, 0.2) is 0 Å². The van der Waals surface area contributed by atoms with Gasteiger partial charge in [0.25, 0.3) is 0 Å². The van der Waals surface area contributed by atoms with E-state index in [1.165, 1.54) is 57.8 Å². The number of alkyl halides is 1. The predicted octanol–water partition coefficient (Wildman–Crippen LogP) is 9.50. The van der Waals surface area contributed by atoms with Gasteiger partial charge in [-0.1, -0.05) is 94.8 Å². The van der Waals surface area contributed by atoms with Crippen molar-refractivity contribution in [1.82, 2.24) is 0 Å². The van der Waals surface area contributed by atoms with Gasteiger partial charge >= 0.3 is 5.97 Å². The Hall–Kier alpha value is -0.310. The van der Waals surface area contributed by atoms with E-state index in [0.717, 1.165) is 61.2 Å². The minimum absolute atomic E-state index is 0.0531. The van der Waals surface area contributed by atoms with Gasteiger partial charge in [-0.05, 0) is 97.7 Å². The molecule has 0 unspecified atom stereocenters. The van der Waals surface area contributed by atoms with Crippen LogP contribution >= 0.6 is 15.9 Å². The molecule has 9 atom stereocenters. The first kappa shape index (κ1) is 27.7. The van der Waals surface area contributed by atoms with E-state index in [9.17, 15) is 4.79 Å². The molecule has 0 heterocycles. The van der Waals surface area contributed by atoms with Crippen LogP contribution in [0.5, 0.6) is 0 Å². The molecular weight excluding hydrogens is 496 g/mol. The van der Waals surface area contributed by atoms with Gasteiger partial charge in [0.2, 0.25) is 0 Å². The lowest BCUT2D eigenvalue weighted by molar-refractivity contribution is -0.150. The molecule has 4 aliphatic carbocycles. The topological polar surface area (TPSA) is 26.3 Å². The van der Waals surface area contributed by atoms with Gasteiger partial charge in [-0.15, -0.1) is 0 Å². The summed E-state index contributed by atoms with van der Waals surface area (Å²) in [7, 11) is 0. The molecular formula is C32H53BrO2. The summed E-state index contributed by atoms with van der Waals surface area (Å²) in [6.45, 7) is 14.7. The summed E-state index contributed by atoms with van der Waals surface area (Å²) in [6, 6.07) is 0. The zero-order chi connectivity index (χ0) is 25.4. The van der Waals surface area contributed by atoms with Crippen LogP contribution in [-0.2, 0) is 9.53 Å². The third-order valence-electron chi connectivity index (χ3n) is 11.3. The summed E-state index contributed by atoms with van der Waals surface area (Å²) in [6.07, 6.45) is 19.0. The maximum Gasteiger partial charge on any atom is 0.320 e. The fraction of sp³-hybridized carbons (Fsp3) is 0.906. The van der Waals surface area contributed by atoms with Crippen molar-refractivity contribution in [3.63, 3.8) is 0 Å². The number of rotatable bonds is 9. The Morgan fingerprint density at radius 1 is 1.06 bits per heavy atom. The molecule has 3 fully saturated rings. The summed E-state index contributed by atoms with van der Waals surface area (Å²) >= 11 is 3.53. The Bertz CT molecular complexity index is 774. The zero-order valence-corrected chi connectivity index (χ0v) is 25.2. The molecule has 4 rings (SSSR count). The van der Waals surface area contributed by atoms with Gasteiger partial charge in [-0.25, -0.2) is 0 Å². The quantitative estimate of drug-likeness (QED) is 0.163. The van der Waals surface area contributed by atoms with Crippen LogP contribution in [0.15, 0.2) is 11.6 Å². The lowest BCUT2D eigenvalue weighted by atomic mass is 9.47. The average Bonchev–Trinajstić information content (AvgIpc) is 3.16. The standard InChI is InChI=1S/C32H53BrO2/c1-7-9-29(33)30(34)35-24-16-18-31(5)23(20-24)12-13-25-27-15-14-26(22(4)11-8-10-21(2)3)32(27,6)19-17-28(25)31/h12,21-22,24-29H,7-11,13-20H2,1-6H3/t22-,24+,25-,26+,27-,28-,29-,31-,32+/m0/s1. The molecule has 0 amide bonds. The van der Waals surface area contributed by atoms with Crippen molar-refractivity contribution in [2.24, 2.45) is 46.3 Å². The summed E-state index contributed by atoms with van der Waals surface area (Å²) in [4.78, 5) is 12.4. The van der Waals surface area contributed by atoms with Crippen LogP contribution in [0.2, 0.25) is 0 Å². The van der Waals surface area contributed by atoms with Crippen LogP contribution in [-0.4, -0.2) is 16.9 Å². The highest BCUT2D eigenvalue weighted by atomic mass is 79.9. The maximum atomic E-state index is 12.5. The second-order valence-corrected chi connectivity index (χ2v) is 15.0. The van der Waals surface area contributed by atoms with Crippen molar-refractivity contribution in [2.75, 3.05) is 0 Å². The smallest absolute Gasteiger partial charge is 0.320 e. The molecule has 4 aliphatic rings. The maximum absolute atomic E-state index is 12.5. The number of fused-ring (bicyclic) bond motifs is 5. The second-order valence-electron chi connectivity index (χ2n) is 13.8. The number of hydrogen-bond donors (Lipinski definition) is 0. The highest BCUT2D eigenvalue weighted by molar-refractivity contribution is 9.10. The Balaban J connectivity index is 1.42. The molecule has 0 spiro atoms. The van der Waals surface area contributed by atoms with Crippen molar-refractivity contribution in [2.45, 2.75) is 136 Å². The molecule has 2 nitrogen and oxygen atoms in total. The first-order valence-corrected chi connectivity index (χ1v) is 16.1. The Morgan fingerprint density at radius 3 is 2.54 bits per heavy atom. The Morgan fingerprint density at radius 2 is 1.83 bits per heavy atom. The SMILES string of the molecule is CCC[C@H](Br)C(=O)O[C@@H]1CC[C@@]2(C)C(=CC[C@H]3[C@@H]4CC[C@H]([C@@H](C)CCCC(C)C)[C@@]4(C)CC[C@@H]32)C1. The van der Waals surface area contributed by atoms with Gasteiger partial charge in [-0.3, -0.25) is 4.79 Å². The van der Waals surface area contributed by atoms with Crippen molar-refractivity contribution in [3.05, 3.63) is 11.6 Å². The Labute approximate surface area is 224 Å². The molecule has 0 radical (unpaired) electrons. The fourth-order valence-corrected chi connectivity index (χ4v) is 9.93. The number of allylic oxidation sites excluding steroid dienone is 1. The second kappa shape index (κ2) is 11.2. The molecule has 0 N–H and O–H groups in total. The highest BCUT2D eigenvalue weighted by Crippen LogP contribution is 2.67. The van der Waals surface area contributed by atoms with Crippen LogP contribution in [0.3, 0.4) is 0 Å². The minimum Gasteiger partial charge on any atom is -0.461 e. The summed E-state index contributed by atoms with van der Waals surface area (Å²) in [5, 5.41) is 0. The lowest BCUT2D eigenvalue weighted by Gasteiger charge is -2.58. The van der Waals surface area contributed by atoms with Crippen molar-refractivity contribution >= 4 is 21.9 Å². The van der Waals surface area contributed by atoms with E-state index in [-0.39, 0.29) is 16.9 Å². The fourth-order valence-electron chi connectivity index (χ4n) is 9.36. The molecule has 0 aromatic rings. The molecule has 3 saturated carbocycles. The number of hydrogen-bond acceptors (Lipinski definition) is 2. The van der Waals surface area contributed by atoms with E-state index in [0.29, 0.717) is 10.8 Å². The van der Waals surface area contributed by atoms with Gasteiger partial charge in [0.05, 0.1) is 0 Å². The predicted molar refractivity (Wildman–Crippen MR) is 151 cm³/mol. The van der Waals surface area contributed by atoms with E-state index < -0.39 is 0 Å². The van der Waals surface area contributed by atoms with Crippen LogP contribution in [0.25, 0.3) is 0 Å². The number of ether oxygens (including phenoxy) is 1. The monoisotopic (exact) mass is 548 g/mol. The molecule has 0 aromatic carbocycles. The van der Waals surface area contributed by atoms with Crippen LogP contribution in [0, 0.1) is 46.3 Å². The van der Waals surface area contributed by atoms with Crippen LogP contribution in [0.4, 0.5) is 0 Å². The highest BCUT2D eigenvalue weighted by Gasteiger charge is 2.59. The van der Waals surface area contributed by atoms with E-state index in [2.05, 4.69) is 63.5 Å². The molecule has 0 aliphatic heterocycles. The normalized spacial score (nSPS) is 40.3. The number of halogens is 1. The van der Waals surface area contributed by atoms with Gasteiger partial charge < -0.3 is 4.74 Å². The molecule has 35 heavy (non-hydrogen) atoms. The van der Waals surface area contributed by atoms with Crippen LogP contribution in [0.1, 0.15) is 125 Å². The molecule has 200 valence electrons. The molecule has 0 aromatic heterocycles. The van der Waals surface area contributed by atoms with Crippen LogP contribution < -0.4 is 0 Å². The van der Waals surface area contributed by atoms with Gasteiger partial charge in [0, 0.05) is 6.42 Å². The number of carbonyl (C=O) groups excluding carboxylic acids is 1. The summed E-state index contributed by atoms with van der Waals surface area (Å²) < 4.78 is 5.98. The van der Waals surface area contributed by atoms with Gasteiger partial charge in [0.1, 0.15) is 10.9 Å². The van der Waals surface area contributed by atoms with Gasteiger partial charge in [-0.2, -0.15) is 0 Å². The molecule has 3 heteroatoms. The first-order chi connectivity index (χ1) is 16.6. The van der Waals surface area contributed by atoms with E-state index in [1.807, 2.05) is 0 Å². The summed E-state index contributed by atoms with van der Waals surface area (Å²) in [5.41, 5.74) is 2.49. The Kier molecular flexibility index (Phi) is 8.87. The van der Waals surface area contributed by atoms with Crippen molar-refractivity contribution in [3.8, 4) is 0 Å². The number of esters is 1. The third kappa shape index (κ3) is 5.46. The van der Waals surface area contributed by atoms with Crippen molar-refractivity contribution < 1.29 is 9.53 Å². The minimum atomic E-state index is -0.148. The van der Waals surface area contributed by atoms with E-state index in [1.54, 1.807) is 5.57 Å². The third-order valence-corrected chi connectivity index (χ3v) is 12.2. The summed E-state index contributed by atoms with van der Waals surface area (Å²) in [5.74, 6) is 5.19. The lowest BCUT2D eigenvalue weighted by Crippen LogP contribution is -2.51. The largest absolute Gasteiger partial charge is 0.461 e. The zero-order valence-electron chi connectivity index (χ0n) is 23.6. The van der Waals surface area contributed by atoms with E-state index in [4.69, 9.17) is 4.74 Å². The molecule has 0 saturated heterocycles. The number of carbonyl (C=O) groups is 1. The van der Waals surface area contributed by atoms with E-state index >= 15 is 0 Å². The molecule has 0 bridgehead atoms.